The van der Waals surface area contributed by atoms with Crippen LogP contribution >= 0.6 is 0 Å². The van der Waals surface area contributed by atoms with Crippen molar-refractivity contribution in [2.45, 2.75) is 39.3 Å². The van der Waals surface area contributed by atoms with Crippen LogP contribution in [0, 0.1) is 18.8 Å². The van der Waals surface area contributed by atoms with Crippen LogP contribution < -0.4 is 10.4 Å². The molecule has 1 aliphatic heterocycles. The van der Waals surface area contributed by atoms with Gasteiger partial charge in [-0.15, -0.1) is 5.92 Å². The lowest BCUT2D eigenvalue weighted by molar-refractivity contribution is 0.0543. The molecule has 1 aliphatic rings. The minimum atomic E-state index is -0.340. The van der Waals surface area contributed by atoms with E-state index in [1.54, 1.807) is 6.07 Å². The Balaban J connectivity index is 1.88. The van der Waals surface area contributed by atoms with Gasteiger partial charge in [-0.2, -0.15) is 0 Å². The number of likely N-dealkylation sites (tertiary alicyclic amines) is 1. The van der Waals surface area contributed by atoms with Gasteiger partial charge in [-0.3, -0.25) is 4.90 Å². The molecule has 120 valence electrons. The highest BCUT2D eigenvalue weighted by Crippen LogP contribution is 2.24. The van der Waals surface area contributed by atoms with Crippen molar-refractivity contribution in [2.75, 3.05) is 13.1 Å². The maximum Gasteiger partial charge on any atom is 0.336 e. The smallest absolute Gasteiger partial charge is 0.336 e. The standard InChI is InChI=1S/C19H21NO3/c1-3-7-18(20-10-5-4-6-11-20)22-15-8-9-16-14(2)12-19(21)23-17(16)13-15/h8-9,12-13,18H,4-6,10-11H2,1-2H3. The Hall–Kier alpha value is -2.25. The quantitative estimate of drug-likeness (QED) is 0.644. The predicted molar refractivity (Wildman–Crippen MR) is 90.5 cm³/mol. The molecule has 0 saturated carbocycles. The van der Waals surface area contributed by atoms with Gasteiger partial charge in [-0.05, 0) is 50.3 Å². The average Bonchev–Trinajstić information content (AvgIpc) is 2.55. The summed E-state index contributed by atoms with van der Waals surface area (Å²) in [5.41, 5.74) is 1.12. The van der Waals surface area contributed by atoms with Gasteiger partial charge < -0.3 is 9.15 Å². The van der Waals surface area contributed by atoms with E-state index < -0.39 is 0 Å². The number of rotatable bonds is 3. The van der Waals surface area contributed by atoms with Gasteiger partial charge in [0.15, 0.2) is 0 Å². The third-order valence-electron chi connectivity index (χ3n) is 4.16. The maximum absolute atomic E-state index is 11.5. The summed E-state index contributed by atoms with van der Waals surface area (Å²) in [6, 6.07) is 7.11. The summed E-state index contributed by atoms with van der Waals surface area (Å²) in [5.74, 6) is 6.75. The molecule has 1 saturated heterocycles. The molecule has 4 nitrogen and oxygen atoms in total. The lowest BCUT2D eigenvalue weighted by atomic mass is 10.1. The minimum absolute atomic E-state index is 0.255. The van der Waals surface area contributed by atoms with Gasteiger partial charge in [0.05, 0.1) is 0 Å². The number of ether oxygens (including phenoxy) is 1. The Kier molecular flexibility index (Phi) is 4.68. The third-order valence-corrected chi connectivity index (χ3v) is 4.16. The van der Waals surface area contributed by atoms with E-state index >= 15 is 0 Å². The molecule has 0 radical (unpaired) electrons. The monoisotopic (exact) mass is 311 g/mol. The first-order valence-electron chi connectivity index (χ1n) is 8.05. The highest BCUT2D eigenvalue weighted by molar-refractivity contribution is 5.81. The first kappa shape index (κ1) is 15.6. The molecular weight excluding hydrogens is 290 g/mol. The molecule has 0 spiro atoms. The van der Waals surface area contributed by atoms with E-state index in [9.17, 15) is 4.79 Å². The van der Waals surface area contributed by atoms with Crippen molar-refractivity contribution in [1.29, 1.82) is 0 Å². The Morgan fingerprint density at radius 3 is 2.74 bits per heavy atom. The van der Waals surface area contributed by atoms with Crippen molar-refractivity contribution in [2.24, 2.45) is 0 Å². The number of hydrogen-bond acceptors (Lipinski definition) is 4. The second-order valence-electron chi connectivity index (χ2n) is 5.87. The number of benzene rings is 1. The molecule has 1 unspecified atom stereocenters. The summed E-state index contributed by atoms with van der Waals surface area (Å²) in [6.07, 6.45) is 3.37. The van der Waals surface area contributed by atoms with E-state index in [1.807, 2.05) is 26.0 Å². The van der Waals surface area contributed by atoms with Crippen LogP contribution in [0.2, 0.25) is 0 Å². The van der Waals surface area contributed by atoms with Crippen molar-refractivity contribution in [3.63, 3.8) is 0 Å². The van der Waals surface area contributed by atoms with Crippen LogP contribution in [0.15, 0.2) is 33.5 Å². The Morgan fingerprint density at radius 1 is 1.22 bits per heavy atom. The number of nitrogens with zero attached hydrogens (tertiary/aromatic N) is 1. The normalized spacial score (nSPS) is 16.6. The van der Waals surface area contributed by atoms with Crippen LogP contribution in [0.1, 0.15) is 31.7 Å². The summed E-state index contributed by atoms with van der Waals surface area (Å²) in [7, 11) is 0. The molecule has 4 heteroatoms. The number of fused-ring (bicyclic) bond motifs is 1. The fraction of sp³-hybridized carbons (Fsp3) is 0.421. The van der Waals surface area contributed by atoms with Gasteiger partial charge in [0.2, 0.25) is 6.23 Å². The van der Waals surface area contributed by atoms with Crippen molar-refractivity contribution in [1.82, 2.24) is 4.90 Å². The fourth-order valence-corrected chi connectivity index (χ4v) is 2.98. The molecule has 1 aromatic carbocycles. The van der Waals surface area contributed by atoms with Gasteiger partial charge in [0, 0.05) is 30.6 Å². The molecule has 1 fully saturated rings. The van der Waals surface area contributed by atoms with E-state index in [-0.39, 0.29) is 11.9 Å². The molecule has 1 aromatic heterocycles. The second kappa shape index (κ2) is 6.89. The SMILES string of the molecule is CC#CC(Oc1ccc2c(C)cc(=O)oc2c1)N1CCCCC1. The number of piperidine rings is 1. The first-order valence-corrected chi connectivity index (χ1v) is 8.05. The Morgan fingerprint density at radius 2 is 2.00 bits per heavy atom. The predicted octanol–water partition coefficient (Wildman–Crippen LogP) is 3.32. The van der Waals surface area contributed by atoms with Crippen LogP contribution in [0.5, 0.6) is 5.75 Å². The molecule has 0 bridgehead atoms. The van der Waals surface area contributed by atoms with Crippen molar-refractivity contribution in [3.05, 3.63) is 40.2 Å². The summed E-state index contributed by atoms with van der Waals surface area (Å²) in [6.45, 7) is 5.73. The molecule has 0 N–H and O–H groups in total. The van der Waals surface area contributed by atoms with E-state index in [0.717, 1.165) is 24.0 Å². The molecule has 2 heterocycles. The molecule has 3 rings (SSSR count). The highest BCUT2D eigenvalue weighted by Gasteiger charge is 2.20. The highest BCUT2D eigenvalue weighted by atomic mass is 16.5. The lowest BCUT2D eigenvalue weighted by Crippen LogP contribution is -2.41. The molecule has 0 aliphatic carbocycles. The van der Waals surface area contributed by atoms with E-state index in [2.05, 4.69) is 16.7 Å². The average molecular weight is 311 g/mol. The largest absolute Gasteiger partial charge is 0.464 e. The van der Waals surface area contributed by atoms with Gasteiger partial charge >= 0.3 is 5.63 Å². The summed E-state index contributed by atoms with van der Waals surface area (Å²) >= 11 is 0. The number of aryl methyl sites for hydroxylation is 1. The van der Waals surface area contributed by atoms with Gasteiger partial charge in [0.1, 0.15) is 11.3 Å². The lowest BCUT2D eigenvalue weighted by Gasteiger charge is -2.31. The van der Waals surface area contributed by atoms with Gasteiger partial charge in [-0.1, -0.05) is 6.42 Å². The van der Waals surface area contributed by atoms with E-state index in [0.29, 0.717) is 11.3 Å². The zero-order valence-electron chi connectivity index (χ0n) is 13.6. The van der Waals surface area contributed by atoms with Crippen LogP contribution in [-0.2, 0) is 0 Å². The molecule has 0 amide bonds. The maximum atomic E-state index is 11.5. The van der Waals surface area contributed by atoms with E-state index in [4.69, 9.17) is 9.15 Å². The molecule has 1 atom stereocenters. The zero-order chi connectivity index (χ0) is 16.2. The van der Waals surface area contributed by atoms with Crippen LogP contribution in [0.3, 0.4) is 0 Å². The van der Waals surface area contributed by atoms with Crippen LogP contribution in [0.4, 0.5) is 0 Å². The molecule has 2 aromatic rings. The zero-order valence-corrected chi connectivity index (χ0v) is 13.6. The summed E-state index contributed by atoms with van der Waals surface area (Å²) in [4.78, 5) is 13.8. The molecule has 23 heavy (non-hydrogen) atoms. The first-order chi connectivity index (χ1) is 11.2. The minimum Gasteiger partial charge on any atom is -0.464 e. The van der Waals surface area contributed by atoms with Crippen molar-refractivity contribution >= 4 is 11.0 Å². The summed E-state index contributed by atoms with van der Waals surface area (Å²) < 4.78 is 11.4. The Bertz CT molecular complexity index is 807. The van der Waals surface area contributed by atoms with Gasteiger partial charge in [0.25, 0.3) is 0 Å². The number of hydrogen-bond donors (Lipinski definition) is 0. The van der Waals surface area contributed by atoms with Gasteiger partial charge in [-0.25, -0.2) is 4.79 Å². The molecular formula is C19H21NO3. The van der Waals surface area contributed by atoms with E-state index in [1.165, 1.54) is 25.3 Å². The van der Waals surface area contributed by atoms with Crippen molar-refractivity contribution < 1.29 is 9.15 Å². The topological polar surface area (TPSA) is 42.7 Å². The fourth-order valence-electron chi connectivity index (χ4n) is 2.98. The Labute approximate surface area is 136 Å². The second-order valence-corrected chi connectivity index (χ2v) is 5.87. The third kappa shape index (κ3) is 3.57. The summed E-state index contributed by atoms with van der Waals surface area (Å²) in [5, 5.41) is 0.924. The van der Waals surface area contributed by atoms with Crippen LogP contribution in [-0.4, -0.2) is 24.2 Å². The van der Waals surface area contributed by atoms with Crippen LogP contribution in [0.25, 0.3) is 11.0 Å². The van der Waals surface area contributed by atoms with Crippen molar-refractivity contribution in [3.8, 4) is 17.6 Å².